The van der Waals surface area contributed by atoms with E-state index in [9.17, 15) is 4.79 Å². The first-order valence-electron chi connectivity index (χ1n) is 7.99. The first-order valence-corrected chi connectivity index (χ1v) is 7.99. The van der Waals surface area contributed by atoms with Gasteiger partial charge in [-0.25, -0.2) is 9.97 Å². The van der Waals surface area contributed by atoms with E-state index in [1.165, 1.54) is 12.8 Å². The number of aromatic nitrogens is 2. The highest BCUT2D eigenvalue weighted by molar-refractivity contribution is 5.92. The van der Waals surface area contributed by atoms with Crippen LogP contribution in [0.25, 0.3) is 0 Å². The molecular weight excluding hydrogens is 264 g/mol. The predicted molar refractivity (Wildman–Crippen MR) is 84.3 cm³/mol. The molecule has 0 aromatic carbocycles. The molecule has 0 aliphatic carbocycles. The largest absolute Gasteiger partial charge is 0.369 e. The third kappa shape index (κ3) is 3.52. The van der Waals surface area contributed by atoms with Gasteiger partial charge in [-0.2, -0.15) is 0 Å². The van der Waals surface area contributed by atoms with Crippen molar-refractivity contribution in [1.82, 2.24) is 14.9 Å². The average molecular weight is 290 g/mol. The molecule has 1 aromatic heterocycles. The summed E-state index contributed by atoms with van der Waals surface area (Å²) in [6, 6.07) is 0. The summed E-state index contributed by atoms with van der Waals surface area (Å²) >= 11 is 0. The van der Waals surface area contributed by atoms with E-state index in [2.05, 4.69) is 29.1 Å². The van der Waals surface area contributed by atoms with Gasteiger partial charge in [0.15, 0.2) is 0 Å². The van der Waals surface area contributed by atoms with Gasteiger partial charge in [0, 0.05) is 19.6 Å². The number of carbonyl (C=O) groups excluding carboxylic acids is 1. The molecule has 1 saturated heterocycles. The summed E-state index contributed by atoms with van der Waals surface area (Å²) in [6.07, 6.45) is 7.78. The highest BCUT2D eigenvalue weighted by Gasteiger charge is 2.33. The molecule has 0 unspecified atom stereocenters. The number of hydrogen-bond donors (Lipinski definition) is 1. The summed E-state index contributed by atoms with van der Waals surface area (Å²) in [5.41, 5.74) is 0.870. The maximum absolute atomic E-state index is 12.5. The Balaban J connectivity index is 1.98. The highest BCUT2D eigenvalue weighted by atomic mass is 16.2. The van der Waals surface area contributed by atoms with E-state index in [0.717, 1.165) is 32.5 Å². The summed E-state index contributed by atoms with van der Waals surface area (Å²) in [4.78, 5) is 22.8. The first kappa shape index (κ1) is 15.7. The van der Waals surface area contributed by atoms with Crippen molar-refractivity contribution >= 4 is 11.7 Å². The Morgan fingerprint density at radius 2 is 1.86 bits per heavy atom. The van der Waals surface area contributed by atoms with Gasteiger partial charge in [-0.05, 0) is 25.2 Å². The molecule has 0 spiro atoms. The van der Waals surface area contributed by atoms with E-state index < -0.39 is 0 Å². The highest BCUT2D eigenvalue weighted by Crippen LogP contribution is 2.38. The van der Waals surface area contributed by atoms with Crippen molar-refractivity contribution in [2.75, 3.05) is 25.0 Å². The molecule has 1 aliphatic rings. The standard InChI is InChI=1S/C16H26N4O/c1-4-16(5-2)7-9-20(10-8-16)15(21)13-11-19-14(12-18-13)17-6-3/h11-12H,4-10H2,1-3H3,(H,17,19). The van der Waals surface area contributed by atoms with Crippen LogP contribution < -0.4 is 5.32 Å². The fourth-order valence-corrected chi connectivity index (χ4v) is 3.01. The molecule has 1 aliphatic heterocycles. The van der Waals surface area contributed by atoms with Gasteiger partial charge < -0.3 is 10.2 Å². The number of rotatable bonds is 5. The fraction of sp³-hybridized carbons (Fsp3) is 0.688. The second-order valence-electron chi connectivity index (χ2n) is 5.82. The molecular formula is C16H26N4O. The number of likely N-dealkylation sites (tertiary alicyclic amines) is 1. The molecule has 21 heavy (non-hydrogen) atoms. The van der Waals surface area contributed by atoms with Crippen molar-refractivity contribution in [3.05, 3.63) is 18.1 Å². The number of nitrogens with one attached hydrogen (secondary N) is 1. The number of anilines is 1. The number of hydrogen-bond acceptors (Lipinski definition) is 4. The van der Waals surface area contributed by atoms with Crippen LogP contribution in [0.2, 0.25) is 0 Å². The van der Waals surface area contributed by atoms with Crippen LogP contribution in [-0.4, -0.2) is 40.4 Å². The number of nitrogens with zero attached hydrogens (tertiary/aromatic N) is 3. The summed E-state index contributed by atoms with van der Waals surface area (Å²) in [6.45, 7) is 8.97. The lowest BCUT2D eigenvalue weighted by Crippen LogP contribution is -2.43. The molecule has 0 radical (unpaired) electrons. The molecule has 1 fully saturated rings. The van der Waals surface area contributed by atoms with E-state index in [0.29, 0.717) is 16.9 Å². The van der Waals surface area contributed by atoms with Crippen LogP contribution in [0.4, 0.5) is 5.82 Å². The zero-order valence-corrected chi connectivity index (χ0v) is 13.4. The predicted octanol–water partition coefficient (Wildman–Crippen LogP) is 2.95. The number of carbonyl (C=O) groups is 1. The third-order valence-electron chi connectivity index (χ3n) is 4.84. The van der Waals surface area contributed by atoms with Crippen molar-refractivity contribution in [3.8, 4) is 0 Å². The zero-order chi connectivity index (χ0) is 15.3. The minimum absolute atomic E-state index is 0.00588. The van der Waals surface area contributed by atoms with Crippen molar-refractivity contribution in [2.24, 2.45) is 5.41 Å². The van der Waals surface area contributed by atoms with Crippen molar-refractivity contribution in [2.45, 2.75) is 46.5 Å². The Hall–Kier alpha value is -1.65. The van der Waals surface area contributed by atoms with Crippen LogP contribution in [0.1, 0.15) is 56.9 Å². The normalized spacial score (nSPS) is 17.6. The number of amides is 1. The topological polar surface area (TPSA) is 58.1 Å². The lowest BCUT2D eigenvalue weighted by atomic mass is 9.74. The maximum atomic E-state index is 12.5. The Bertz CT molecular complexity index is 458. The Morgan fingerprint density at radius 1 is 1.19 bits per heavy atom. The monoisotopic (exact) mass is 290 g/mol. The minimum Gasteiger partial charge on any atom is -0.369 e. The molecule has 1 aromatic rings. The summed E-state index contributed by atoms with van der Waals surface area (Å²) in [5.74, 6) is 0.718. The molecule has 2 heterocycles. The molecule has 116 valence electrons. The van der Waals surface area contributed by atoms with Gasteiger partial charge in [0.1, 0.15) is 11.5 Å². The quantitative estimate of drug-likeness (QED) is 0.906. The second kappa shape index (κ2) is 6.87. The van der Waals surface area contributed by atoms with Gasteiger partial charge in [-0.1, -0.05) is 26.7 Å². The average Bonchev–Trinajstić information content (AvgIpc) is 2.55. The molecule has 5 nitrogen and oxygen atoms in total. The summed E-state index contributed by atoms with van der Waals surface area (Å²) in [5, 5.41) is 3.08. The zero-order valence-electron chi connectivity index (χ0n) is 13.4. The minimum atomic E-state index is 0.00588. The molecule has 1 amide bonds. The van der Waals surface area contributed by atoms with Gasteiger partial charge in [0.25, 0.3) is 5.91 Å². The summed E-state index contributed by atoms with van der Waals surface area (Å²) < 4.78 is 0. The van der Waals surface area contributed by atoms with E-state index in [1.807, 2.05) is 11.8 Å². The second-order valence-corrected chi connectivity index (χ2v) is 5.82. The van der Waals surface area contributed by atoms with Crippen LogP contribution in [0.3, 0.4) is 0 Å². The molecule has 1 N–H and O–H groups in total. The van der Waals surface area contributed by atoms with Crippen LogP contribution in [0.15, 0.2) is 12.4 Å². The smallest absolute Gasteiger partial charge is 0.274 e. The Labute approximate surface area is 127 Å². The third-order valence-corrected chi connectivity index (χ3v) is 4.84. The van der Waals surface area contributed by atoms with Crippen molar-refractivity contribution in [3.63, 3.8) is 0 Å². The maximum Gasteiger partial charge on any atom is 0.274 e. The Kier molecular flexibility index (Phi) is 5.15. The van der Waals surface area contributed by atoms with Crippen molar-refractivity contribution < 1.29 is 4.79 Å². The van der Waals surface area contributed by atoms with E-state index in [-0.39, 0.29) is 5.91 Å². The van der Waals surface area contributed by atoms with Crippen LogP contribution in [0, 0.1) is 5.41 Å². The van der Waals surface area contributed by atoms with Crippen LogP contribution in [0.5, 0.6) is 0 Å². The van der Waals surface area contributed by atoms with Gasteiger partial charge in [-0.15, -0.1) is 0 Å². The lowest BCUT2D eigenvalue weighted by molar-refractivity contribution is 0.0552. The molecule has 5 heteroatoms. The van der Waals surface area contributed by atoms with Gasteiger partial charge in [0.2, 0.25) is 0 Å². The molecule has 0 atom stereocenters. The first-order chi connectivity index (χ1) is 10.1. The van der Waals surface area contributed by atoms with E-state index >= 15 is 0 Å². The van der Waals surface area contributed by atoms with Crippen molar-refractivity contribution in [1.29, 1.82) is 0 Å². The molecule has 0 saturated carbocycles. The SMILES string of the molecule is CCNc1cnc(C(=O)N2CCC(CC)(CC)CC2)cn1. The van der Waals surface area contributed by atoms with Crippen LogP contribution >= 0.6 is 0 Å². The van der Waals surface area contributed by atoms with Gasteiger partial charge >= 0.3 is 0 Å². The lowest BCUT2D eigenvalue weighted by Gasteiger charge is -2.40. The fourth-order valence-electron chi connectivity index (χ4n) is 3.01. The number of piperidine rings is 1. The molecule has 2 rings (SSSR count). The molecule has 0 bridgehead atoms. The summed E-state index contributed by atoms with van der Waals surface area (Å²) in [7, 11) is 0. The van der Waals surface area contributed by atoms with E-state index in [4.69, 9.17) is 0 Å². The van der Waals surface area contributed by atoms with Crippen LogP contribution in [-0.2, 0) is 0 Å². The van der Waals surface area contributed by atoms with E-state index in [1.54, 1.807) is 12.4 Å². The van der Waals surface area contributed by atoms with Gasteiger partial charge in [0.05, 0.1) is 12.4 Å². The van der Waals surface area contributed by atoms with Gasteiger partial charge in [-0.3, -0.25) is 4.79 Å². The Morgan fingerprint density at radius 3 is 2.33 bits per heavy atom.